The lowest BCUT2D eigenvalue weighted by molar-refractivity contribution is -0.116. The van der Waals surface area contributed by atoms with Crippen LogP contribution in [0.25, 0.3) is 10.2 Å². The van der Waals surface area contributed by atoms with Crippen molar-refractivity contribution in [1.29, 1.82) is 0 Å². The second kappa shape index (κ2) is 7.79. The summed E-state index contributed by atoms with van der Waals surface area (Å²) < 4.78 is 0. The number of nitrogens with one attached hydrogen (secondary N) is 2. The molecule has 8 heteroatoms. The molecule has 150 valence electrons. The number of nitrogens with two attached hydrogens (primary N) is 1. The van der Waals surface area contributed by atoms with Crippen LogP contribution in [0.3, 0.4) is 0 Å². The van der Waals surface area contributed by atoms with E-state index in [4.69, 9.17) is 5.73 Å². The van der Waals surface area contributed by atoms with E-state index >= 15 is 0 Å². The lowest BCUT2D eigenvalue weighted by atomic mass is 9.89. The Hall–Kier alpha value is -3.00. The van der Waals surface area contributed by atoms with Gasteiger partial charge < -0.3 is 16.0 Å². The maximum Gasteiger partial charge on any atom is 0.259 e. The number of fused-ring (bicyclic) bond motifs is 3. The Balaban J connectivity index is 1.50. The number of H-pyrrole nitrogens is 1. The van der Waals surface area contributed by atoms with Gasteiger partial charge in [-0.3, -0.25) is 14.4 Å². The van der Waals surface area contributed by atoms with E-state index in [9.17, 15) is 14.4 Å². The molecule has 4 N–H and O–H groups in total. The van der Waals surface area contributed by atoms with Gasteiger partial charge in [-0.2, -0.15) is 0 Å². The predicted octanol–water partition coefficient (Wildman–Crippen LogP) is 2.78. The average molecular weight is 410 g/mol. The van der Waals surface area contributed by atoms with Crippen LogP contribution in [0, 0.1) is 5.92 Å². The second-order valence-corrected chi connectivity index (χ2v) is 8.59. The van der Waals surface area contributed by atoms with E-state index in [1.54, 1.807) is 35.6 Å². The van der Waals surface area contributed by atoms with E-state index < -0.39 is 5.91 Å². The zero-order valence-electron chi connectivity index (χ0n) is 16.1. The molecule has 1 aliphatic rings. The fourth-order valence-electron chi connectivity index (χ4n) is 3.76. The molecule has 0 saturated carbocycles. The summed E-state index contributed by atoms with van der Waals surface area (Å²) in [5.74, 6) is 0.239. The van der Waals surface area contributed by atoms with Gasteiger partial charge >= 0.3 is 0 Å². The minimum Gasteiger partial charge on any atom is -0.366 e. The van der Waals surface area contributed by atoms with Crippen molar-refractivity contribution in [2.75, 3.05) is 5.32 Å². The molecule has 2 heterocycles. The Labute approximate surface area is 171 Å². The molecule has 4 rings (SSSR count). The summed E-state index contributed by atoms with van der Waals surface area (Å²) in [7, 11) is 0. The van der Waals surface area contributed by atoms with Crippen molar-refractivity contribution in [1.82, 2.24) is 9.97 Å². The van der Waals surface area contributed by atoms with Gasteiger partial charge in [0.15, 0.2) is 0 Å². The summed E-state index contributed by atoms with van der Waals surface area (Å²) >= 11 is 1.59. The van der Waals surface area contributed by atoms with Crippen LogP contribution in [0.1, 0.15) is 46.4 Å². The Morgan fingerprint density at radius 3 is 2.93 bits per heavy atom. The largest absolute Gasteiger partial charge is 0.366 e. The molecule has 0 bridgehead atoms. The molecule has 0 spiro atoms. The van der Waals surface area contributed by atoms with Crippen LogP contribution in [0.5, 0.6) is 0 Å². The first kappa shape index (κ1) is 19.3. The third kappa shape index (κ3) is 3.93. The van der Waals surface area contributed by atoms with E-state index in [0.717, 1.165) is 29.7 Å². The highest BCUT2D eigenvalue weighted by Gasteiger charge is 2.23. The lowest BCUT2D eigenvalue weighted by Gasteiger charge is -2.17. The van der Waals surface area contributed by atoms with Crippen molar-refractivity contribution in [2.45, 2.75) is 39.0 Å². The third-order valence-corrected chi connectivity index (χ3v) is 6.42. The molecule has 2 amide bonds. The van der Waals surface area contributed by atoms with E-state index in [0.29, 0.717) is 29.2 Å². The van der Waals surface area contributed by atoms with Crippen molar-refractivity contribution in [3.05, 3.63) is 56.4 Å². The van der Waals surface area contributed by atoms with Gasteiger partial charge in [-0.1, -0.05) is 19.1 Å². The molecule has 1 aliphatic carbocycles. The van der Waals surface area contributed by atoms with Crippen LogP contribution in [0.2, 0.25) is 0 Å². The zero-order valence-corrected chi connectivity index (χ0v) is 16.9. The van der Waals surface area contributed by atoms with Crippen molar-refractivity contribution >= 4 is 39.1 Å². The Morgan fingerprint density at radius 1 is 1.34 bits per heavy atom. The molecule has 3 aromatic rings. The number of nitrogens with zero attached hydrogens (tertiary/aromatic N) is 1. The van der Waals surface area contributed by atoms with Gasteiger partial charge in [-0.25, -0.2) is 4.98 Å². The minimum atomic E-state index is -0.603. The molecule has 7 nitrogen and oxygen atoms in total. The number of rotatable bonds is 5. The number of hydrogen-bond donors (Lipinski definition) is 3. The highest BCUT2D eigenvalue weighted by molar-refractivity contribution is 7.18. The number of carbonyl (C=O) groups is 2. The second-order valence-electron chi connectivity index (χ2n) is 7.50. The summed E-state index contributed by atoms with van der Waals surface area (Å²) in [5, 5.41) is 3.41. The number of amides is 2. The smallest absolute Gasteiger partial charge is 0.259 e. The number of para-hydroxylation sites is 1. The van der Waals surface area contributed by atoms with Crippen molar-refractivity contribution in [2.24, 2.45) is 11.7 Å². The normalized spacial score (nSPS) is 15.8. The van der Waals surface area contributed by atoms with Gasteiger partial charge in [-0.05, 0) is 42.9 Å². The maximum atomic E-state index is 12.6. The number of anilines is 1. The van der Waals surface area contributed by atoms with Crippen molar-refractivity contribution < 1.29 is 9.59 Å². The zero-order chi connectivity index (χ0) is 20.5. The molecule has 29 heavy (non-hydrogen) atoms. The number of thiophene rings is 1. The van der Waals surface area contributed by atoms with Gasteiger partial charge in [-0.15, -0.1) is 11.3 Å². The van der Waals surface area contributed by atoms with E-state index in [1.165, 1.54) is 4.88 Å². The number of aromatic nitrogens is 2. The van der Waals surface area contributed by atoms with Crippen LogP contribution < -0.4 is 16.6 Å². The fourth-order valence-corrected chi connectivity index (χ4v) is 5.17. The highest BCUT2D eigenvalue weighted by Crippen LogP contribution is 2.35. The van der Waals surface area contributed by atoms with E-state index in [2.05, 4.69) is 22.2 Å². The molecule has 0 fully saturated rings. The summed E-state index contributed by atoms with van der Waals surface area (Å²) in [6.07, 6.45) is 3.43. The number of aryl methyl sites for hydroxylation is 2. The molecule has 2 aromatic heterocycles. The SMILES string of the molecule is C[C@@H]1CCc2c(sc3nc(CCC(=O)Nc4ccccc4C(N)=O)[nH]c(=O)c23)C1. The molecule has 0 unspecified atom stereocenters. The number of benzene rings is 1. The minimum absolute atomic E-state index is 0.128. The molecule has 1 atom stereocenters. The monoisotopic (exact) mass is 410 g/mol. The standard InChI is InChI=1S/C21H22N4O3S/c1-11-6-7-13-15(10-11)29-21-18(13)20(28)24-16(25-21)8-9-17(26)23-14-5-3-2-4-12(14)19(22)27/h2-5,11H,6-10H2,1H3,(H2,22,27)(H,23,26)(H,24,25,28)/t11-/m1/s1. The summed E-state index contributed by atoms with van der Waals surface area (Å²) in [4.78, 5) is 45.9. The van der Waals surface area contributed by atoms with Gasteiger partial charge in [0.05, 0.1) is 16.6 Å². The van der Waals surface area contributed by atoms with Gasteiger partial charge in [0, 0.05) is 17.7 Å². The van der Waals surface area contributed by atoms with Crippen LogP contribution in [-0.4, -0.2) is 21.8 Å². The van der Waals surface area contributed by atoms with Crippen LogP contribution in [-0.2, 0) is 24.1 Å². The van der Waals surface area contributed by atoms with Crippen LogP contribution in [0.15, 0.2) is 29.1 Å². The average Bonchev–Trinajstić information content (AvgIpc) is 3.04. The Morgan fingerprint density at radius 2 is 2.14 bits per heavy atom. The number of primary amides is 1. The molecule has 1 aromatic carbocycles. The molecular formula is C21H22N4O3S. The number of carbonyl (C=O) groups excluding carboxylic acids is 2. The predicted molar refractivity (Wildman–Crippen MR) is 113 cm³/mol. The lowest BCUT2D eigenvalue weighted by Crippen LogP contribution is -2.19. The molecular weight excluding hydrogens is 388 g/mol. The first-order valence-corrected chi connectivity index (χ1v) is 10.5. The first-order chi connectivity index (χ1) is 13.9. The summed E-state index contributed by atoms with van der Waals surface area (Å²) in [5.41, 5.74) is 6.98. The van der Waals surface area contributed by atoms with Gasteiger partial charge in [0.1, 0.15) is 10.7 Å². The summed E-state index contributed by atoms with van der Waals surface area (Å²) in [6, 6.07) is 6.58. The van der Waals surface area contributed by atoms with Gasteiger partial charge in [0.25, 0.3) is 11.5 Å². The number of hydrogen-bond acceptors (Lipinski definition) is 5. The van der Waals surface area contributed by atoms with Crippen molar-refractivity contribution in [3.63, 3.8) is 0 Å². The molecule has 0 radical (unpaired) electrons. The molecule has 0 saturated heterocycles. The topological polar surface area (TPSA) is 118 Å². The fraction of sp³-hybridized carbons (Fsp3) is 0.333. The quantitative estimate of drug-likeness (QED) is 0.599. The van der Waals surface area contributed by atoms with E-state index in [1.807, 2.05) is 0 Å². The third-order valence-electron chi connectivity index (χ3n) is 5.27. The Kier molecular flexibility index (Phi) is 5.19. The summed E-state index contributed by atoms with van der Waals surface area (Å²) in [6.45, 7) is 2.23. The first-order valence-electron chi connectivity index (χ1n) is 9.64. The van der Waals surface area contributed by atoms with Gasteiger partial charge in [0.2, 0.25) is 5.91 Å². The highest BCUT2D eigenvalue weighted by atomic mass is 32.1. The maximum absolute atomic E-state index is 12.6. The number of aromatic amines is 1. The van der Waals surface area contributed by atoms with Crippen LogP contribution in [0.4, 0.5) is 5.69 Å². The Bertz CT molecular complexity index is 1160. The van der Waals surface area contributed by atoms with Crippen LogP contribution >= 0.6 is 11.3 Å². The van der Waals surface area contributed by atoms with Crippen molar-refractivity contribution in [3.8, 4) is 0 Å². The van der Waals surface area contributed by atoms with E-state index in [-0.39, 0.29) is 23.5 Å². The molecule has 0 aliphatic heterocycles.